The molecule has 0 bridgehead atoms. The fraction of sp³-hybridized carbons (Fsp3) is 0. The van der Waals surface area contributed by atoms with Gasteiger partial charge in [-0.05, 0) is 77.9 Å². The first-order valence-corrected chi connectivity index (χ1v) is 14.1. The molecule has 0 aromatic heterocycles. The van der Waals surface area contributed by atoms with Crippen LogP contribution < -0.4 is 0 Å². The van der Waals surface area contributed by atoms with Crippen LogP contribution in [0.15, 0.2) is 147 Å². The van der Waals surface area contributed by atoms with Crippen molar-refractivity contribution in [3.63, 3.8) is 0 Å². The Bertz CT molecular complexity index is 1540. The second kappa shape index (κ2) is 13.7. The van der Waals surface area contributed by atoms with Crippen molar-refractivity contribution in [1.82, 2.24) is 0 Å². The van der Waals surface area contributed by atoms with Gasteiger partial charge in [-0.15, -0.1) is 0 Å². The molecule has 0 spiro atoms. The number of hydrogen-bond donors (Lipinski definition) is 0. The molecule has 0 heterocycles. The van der Waals surface area contributed by atoms with Crippen LogP contribution in [0.2, 0.25) is 5.02 Å². The second-order valence-corrected chi connectivity index (χ2v) is 11.1. The molecule has 0 atom stereocenters. The van der Waals surface area contributed by atoms with Gasteiger partial charge in [-0.1, -0.05) is 95.8 Å². The minimum Gasteiger partial charge on any atom is -0.418 e. The van der Waals surface area contributed by atoms with E-state index in [1.165, 1.54) is 20.9 Å². The summed E-state index contributed by atoms with van der Waals surface area (Å²) in [4.78, 5) is 15.1. The molecule has 5 aromatic carbocycles. The lowest BCUT2D eigenvalue weighted by Crippen LogP contribution is -2.02. The van der Waals surface area contributed by atoms with Gasteiger partial charge in [0.25, 0.3) is 0 Å². The lowest BCUT2D eigenvalue weighted by Gasteiger charge is -2.08. The maximum absolute atomic E-state index is 10.6. The van der Waals surface area contributed by atoms with Crippen LogP contribution in [-0.2, 0) is 0 Å². The monoisotopic (exact) mass is 596 g/mol. The average Bonchev–Trinajstić information content (AvgIpc) is 2.95. The fourth-order valence-electron chi connectivity index (χ4n) is 3.68. The summed E-state index contributed by atoms with van der Waals surface area (Å²) in [6, 6.07) is 42.7. The van der Waals surface area contributed by atoms with Crippen molar-refractivity contribution in [2.75, 3.05) is 0 Å². The molecule has 9 heteroatoms. The van der Waals surface area contributed by atoms with Crippen LogP contribution in [0.5, 0.6) is 0 Å². The van der Waals surface area contributed by atoms with Gasteiger partial charge in [0.15, 0.2) is 0 Å². The van der Waals surface area contributed by atoms with Crippen LogP contribution in [0.25, 0.3) is 11.1 Å². The van der Waals surface area contributed by atoms with Crippen molar-refractivity contribution in [3.05, 3.63) is 144 Å². The summed E-state index contributed by atoms with van der Waals surface area (Å²) in [6.07, 6.45) is 0. The quantitative estimate of drug-likeness (QED) is 0.0807. The molecule has 0 saturated heterocycles. The SMILES string of the molecule is F[B-](F)(F)F.[OH+]=C(c1ccccc1)c1ccc(Sc2ccc(-c3ccc(Sc4ccccc4)cc3)cc2)c(Cl)c1. The molecule has 0 radical (unpaired) electrons. The molecule has 0 saturated carbocycles. The number of rotatable bonds is 7. The van der Waals surface area contributed by atoms with E-state index in [-0.39, 0.29) is 5.78 Å². The van der Waals surface area contributed by atoms with Crippen molar-refractivity contribution in [2.24, 2.45) is 0 Å². The molecular formula is C31H22BClF4OS2. The van der Waals surface area contributed by atoms with Gasteiger partial charge in [0, 0.05) is 19.6 Å². The second-order valence-electron chi connectivity index (χ2n) is 8.42. The molecule has 0 fully saturated rings. The summed E-state index contributed by atoms with van der Waals surface area (Å²) in [5, 5.41) is 0.616. The highest BCUT2D eigenvalue weighted by atomic mass is 35.5. The van der Waals surface area contributed by atoms with Crippen molar-refractivity contribution < 1.29 is 22.1 Å². The zero-order valence-corrected chi connectivity index (χ0v) is 23.2. The van der Waals surface area contributed by atoms with Gasteiger partial charge < -0.3 is 17.3 Å². The standard InChI is InChI=1S/C31H21ClOS2.BF4/c32-29-21-25(31(33)24-7-3-1-4-8-24)15-20-30(29)35-28-18-13-23(14-19-28)22-11-16-27(17-12-22)34-26-9-5-2-6-10-26;2-1(3,4)5/h1-21H;/q;-1/p+1. The van der Waals surface area contributed by atoms with Crippen LogP contribution in [0, 0.1) is 0 Å². The summed E-state index contributed by atoms with van der Waals surface area (Å²) in [6.45, 7) is 0. The Morgan fingerprint density at radius 1 is 0.550 bits per heavy atom. The first kappa shape index (κ1) is 29.5. The highest BCUT2D eigenvalue weighted by molar-refractivity contribution is 7.99. The molecule has 0 amide bonds. The molecule has 202 valence electrons. The van der Waals surface area contributed by atoms with Crippen molar-refractivity contribution >= 4 is 48.2 Å². The van der Waals surface area contributed by atoms with E-state index in [2.05, 4.69) is 72.8 Å². The predicted molar refractivity (Wildman–Crippen MR) is 160 cm³/mol. The van der Waals surface area contributed by atoms with E-state index >= 15 is 0 Å². The molecule has 0 aliphatic heterocycles. The Kier molecular flexibility index (Phi) is 10.1. The Hall–Kier alpha value is -3.46. The summed E-state index contributed by atoms with van der Waals surface area (Å²) in [5.41, 5.74) is 3.84. The molecular weight excluding hydrogens is 575 g/mol. The molecule has 1 nitrogen and oxygen atoms in total. The smallest absolute Gasteiger partial charge is 0.418 e. The lowest BCUT2D eigenvalue weighted by atomic mass is 10.0. The molecule has 40 heavy (non-hydrogen) atoms. The Morgan fingerprint density at radius 2 is 1.00 bits per heavy atom. The normalized spacial score (nSPS) is 10.9. The largest absolute Gasteiger partial charge is 0.673 e. The predicted octanol–water partition coefficient (Wildman–Crippen LogP) is 10.6. The highest BCUT2D eigenvalue weighted by Crippen LogP contribution is 2.36. The minimum absolute atomic E-state index is 0.224. The van der Waals surface area contributed by atoms with E-state index in [4.69, 9.17) is 11.6 Å². The third kappa shape index (κ3) is 9.05. The van der Waals surface area contributed by atoms with Gasteiger partial charge in [-0.3, -0.25) is 4.79 Å². The van der Waals surface area contributed by atoms with Gasteiger partial charge in [0.2, 0.25) is 0 Å². The van der Waals surface area contributed by atoms with E-state index < -0.39 is 7.25 Å². The number of hydrogen-bond acceptors (Lipinski definition) is 2. The van der Waals surface area contributed by atoms with E-state index in [9.17, 15) is 22.1 Å². The van der Waals surface area contributed by atoms with Gasteiger partial charge in [-0.25, -0.2) is 0 Å². The number of halogens is 5. The average molecular weight is 597 g/mol. The topological polar surface area (TPSA) is 21.4 Å². The van der Waals surface area contributed by atoms with Gasteiger partial charge in [0.05, 0.1) is 16.1 Å². The molecule has 1 N–H and O–H groups in total. The first-order valence-electron chi connectivity index (χ1n) is 12.1. The van der Waals surface area contributed by atoms with Crippen molar-refractivity contribution in [1.29, 1.82) is 0 Å². The maximum Gasteiger partial charge on any atom is 0.673 e. The van der Waals surface area contributed by atoms with E-state index in [0.29, 0.717) is 10.6 Å². The van der Waals surface area contributed by atoms with Gasteiger partial charge in [0.1, 0.15) is 0 Å². The van der Waals surface area contributed by atoms with Crippen LogP contribution in [0.1, 0.15) is 11.1 Å². The molecule has 0 aliphatic carbocycles. The Balaban J connectivity index is 0.000000681. The summed E-state index contributed by atoms with van der Waals surface area (Å²) in [5.74, 6) is 0.224. The first-order chi connectivity index (χ1) is 19.2. The highest BCUT2D eigenvalue weighted by Gasteiger charge is 2.20. The molecule has 5 aromatic rings. The summed E-state index contributed by atoms with van der Waals surface area (Å²) < 4.78 is 39.0. The van der Waals surface area contributed by atoms with Crippen LogP contribution in [-0.4, -0.2) is 17.8 Å². The number of carbonyl (C=O) groups excluding carboxylic acids is 1. The number of ketones is 1. The summed E-state index contributed by atoms with van der Waals surface area (Å²) in [7, 11) is -6.00. The van der Waals surface area contributed by atoms with Crippen LogP contribution in [0.3, 0.4) is 0 Å². The van der Waals surface area contributed by atoms with Crippen molar-refractivity contribution in [2.45, 2.75) is 19.6 Å². The third-order valence-corrected chi connectivity index (χ3v) is 8.03. The maximum atomic E-state index is 10.6. The lowest BCUT2D eigenvalue weighted by molar-refractivity contribution is 0.368. The molecule has 0 aliphatic rings. The van der Waals surface area contributed by atoms with E-state index in [0.717, 1.165) is 15.4 Å². The van der Waals surface area contributed by atoms with Crippen LogP contribution >= 0.6 is 35.1 Å². The van der Waals surface area contributed by atoms with E-state index in [1.807, 2.05) is 54.6 Å². The van der Waals surface area contributed by atoms with Crippen molar-refractivity contribution in [3.8, 4) is 11.1 Å². The minimum atomic E-state index is -6.00. The van der Waals surface area contributed by atoms with Crippen LogP contribution in [0.4, 0.5) is 17.3 Å². The van der Waals surface area contributed by atoms with Gasteiger partial charge >= 0.3 is 13.0 Å². The summed E-state index contributed by atoms with van der Waals surface area (Å²) >= 11 is 9.94. The Morgan fingerprint density at radius 3 is 1.50 bits per heavy atom. The van der Waals surface area contributed by atoms with Gasteiger partial charge in [-0.2, -0.15) is 0 Å². The Labute approximate surface area is 243 Å². The van der Waals surface area contributed by atoms with E-state index in [1.54, 1.807) is 23.5 Å². The zero-order valence-electron chi connectivity index (χ0n) is 20.9. The third-order valence-electron chi connectivity index (χ3n) is 5.50. The number of benzene rings is 5. The molecule has 0 unspecified atom stereocenters. The zero-order chi connectivity index (χ0) is 28.5. The fourth-order valence-corrected chi connectivity index (χ4v) is 5.63. The molecule has 5 rings (SSSR count).